The van der Waals surface area contributed by atoms with E-state index < -0.39 is 15.8 Å². The molecule has 0 bridgehead atoms. The van der Waals surface area contributed by atoms with Crippen LogP contribution in [-0.2, 0) is 14.8 Å². The third-order valence-electron chi connectivity index (χ3n) is 5.80. The summed E-state index contributed by atoms with van der Waals surface area (Å²) >= 11 is 0. The standard InChI is InChI=1S/C23H29FN2O3S/c1-4-22(21-10-5-16(2)15-17(21)3)25-23(27)18-11-13-26(14-12-18)30(28,29)20-8-6-19(24)7-9-20/h5-10,15,18,22H,4,11-14H2,1-3H3,(H,25,27)/t22-/m0/s1. The smallest absolute Gasteiger partial charge is 0.243 e. The van der Waals surface area contributed by atoms with Gasteiger partial charge in [0.1, 0.15) is 5.82 Å². The molecule has 1 aliphatic rings. The Kier molecular flexibility index (Phi) is 6.93. The van der Waals surface area contributed by atoms with Gasteiger partial charge in [0.05, 0.1) is 10.9 Å². The highest BCUT2D eigenvalue weighted by Crippen LogP contribution is 2.26. The van der Waals surface area contributed by atoms with Gasteiger partial charge in [-0.15, -0.1) is 0 Å². The van der Waals surface area contributed by atoms with Crippen LogP contribution in [0.25, 0.3) is 0 Å². The van der Waals surface area contributed by atoms with Crippen molar-refractivity contribution in [3.8, 4) is 0 Å². The Balaban J connectivity index is 1.62. The van der Waals surface area contributed by atoms with E-state index in [0.717, 1.165) is 29.7 Å². The second-order valence-corrected chi connectivity index (χ2v) is 9.90. The number of piperidine rings is 1. The van der Waals surface area contributed by atoms with Crippen LogP contribution in [0.4, 0.5) is 4.39 Å². The van der Waals surface area contributed by atoms with Crippen molar-refractivity contribution >= 4 is 15.9 Å². The number of hydrogen-bond acceptors (Lipinski definition) is 3. The second-order valence-electron chi connectivity index (χ2n) is 7.96. The quantitative estimate of drug-likeness (QED) is 0.747. The van der Waals surface area contributed by atoms with Gasteiger partial charge in [-0.1, -0.05) is 30.7 Å². The van der Waals surface area contributed by atoms with Crippen LogP contribution in [0.15, 0.2) is 47.4 Å². The number of aryl methyl sites for hydroxylation is 2. The molecule has 0 saturated carbocycles. The Bertz CT molecular complexity index is 998. The fourth-order valence-corrected chi connectivity index (χ4v) is 5.49. The molecule has 3 rings (SSSR count). The third kappa shape index (κ3) is 4.90. The van der Waals surface area contributed by atoms with Gasteiger partial charge in [-0.05, 0) is 68.5 Å². The first kappa shape index (κ1) is 22.4. The molecule has 0 unspecified atom stereocenters. The second kappa shape index (κ2) is 9.27. The topological polar surface area (TPSA) is 66.5 Å². The molecule has 1 saturated heterocycles. The Morgan fingerprint density at radius 2 is 1.77 bits per heavy atom. The van der Waals surface area contributed by atoms with Crippen LogP contribution in [0.5, 0.6) is 0 Å². The van der Waals surface area contributed by atoms with E-state index in [1.807, 2.05) is 13.8 Å². The van der Waals surface area contributed by atoms with Gasteiger partial charge in [-0.2, -0.15) is 4.31 Å². The lowest BCUT2D eigenvalue weighted by atomic mass is 9.94. The molecule has 1 atom stereocenters. The van der Waals surface area contributed by atoms with Gasteiger partial charge < -0.3 is 5.32 Å². The summed E-state index contributed by atoms with van der Waals surface area (Å²) in [5.41, 5.74) is 3.46. The molecule has 0 radical (unpaired) electrons. The molecule has 2 aromatic carbocycles. The van der Waals surface area contributed by atoms with Crippen molar-refractivity contribution in [2.45, 2.75) is 51.0 Å². The van der Waals surface area contributed by atoms with Gasteiger partial charge in [-0.25, -0.2) is 12.8 Å². The molecule has 162 valence electrons. The van der Waals surface area contributed by atoms with Crippen LogP contribution in [0.1, 0.15) is 48.9 Å². The van der Waals surface area contributed by atoms with Crippen molar-refractivity contribution in [3.05, 3.63) is 65.0 Å². The van der Waals surface area contributed by atoms with E-state index in [9.17, 15) is 17.6 Å². The SMILES string of the molecule is CC[C@H](NC(=O)C1CCN(S(=O)(=O)c2ccc(F)cc2)CC1)c1ccc(C)cc1C. The summed E-state index contributed by atoms with van der Waals surface area (Å²) in [6.07, 6.45) is 1.72. The minimum atomic E-state index is -3.67. The lowest BCUT2D eigenvalue weighted by molar-refractivity contribution is -0.126. The number of rotatable bonds is 6. The normalized spacial score (nSPS) is 16.9. The van der Waals surface area contributed by atoms with Crippen molar-refractivity contribution in [2.75, 3.05) is 13.1 Å². The summed E-state index contributed by atoms with van der Waals surface area (Å²) in [5.74, 6) is -0.719. The summed E-state index contributed by atoms with van der Waals surface area (Å²) in [7, 11) is -3.67. The zero-order valence-electron chi connectivity index (χ0n) is 17.7. The summed E-state index contributed by atoms with van der Waals surface area (Å²) < 4.78 is 40.0. The first-order valence-corrected chi connectivity index (χ1v) is 11.8. The van der Waals surface area contributed by atoms with Crippen molar-refractivity contribution < 1.29 is 17.6 Å². The van der Waals surface area contributed by atoms with Crippen molar-refractivity contribution in [3.63, 3.8) is 0 Å². The molecule has 1 fully saturated rings. The van der Waals surface area contributed by atoms with Crippen LogP contribution in [0, 0.1) is 25.6 Å². The Labute approximate surface area is 178 Å². The summed E-state index contributed by atoms with van der Waals surface area (Å²) in [4.78, 5) is 12.9. The molecule has 0 spiro atoms. The number of benzene rings is 2. The third-order valence-corrected chi connectivity index (χ3v) is 7.71. The van der Waals surface area contributed by atoms with Crippen molar-refractivity contribution in [2.24, 2.45) is 5.92 Å². The fourth-order valence-electron chi connectivity index (χ4n) is 4.02. The van der Waals surface area contributed by atoms with Crippen LogP contribution < -0.4 is 5.32 Å². The predicted octanol–water partition coefficient (Wildman–Crippen LogP) is 4.11. The maximum Gasteiger partial charge on any atom is 0.243 e. The lowest BCUT2D eigenvalue weighted by Crippen LogP contribution is -2.43. The molecule has 30 heavy (non-hydrogen) atoms. The highest BCUT2D eigenvalue weighted by atomic mass is 32.2. The molecule has 2 aromatic rings. The molecule has 1 aliphatic heterocycles. The lowest BCUT2D eigenvalue weighted by Gasteiger charge is -2.31. The predicted molar refractivity (Wildman–Crippen MR) is 115 cm³/mol. The molecule has 5 nitrogen and oxygen atoms in total. The maximum absolute atomic E-state index is 13.1. The first-order chi connectivity index (χ1) is 14.2. The molecular weight excluding hydrogens is 403 g/mol. The highest BCUT2D eigenvalue weighted by molar-refractivity contribution is 7.89. The minimum Gasteiger partial charge on any atom is -0.349 e. The Hall–Kier alpha value is -2.25. The molecule has 1 N–H and O–H groups in total. The zero-order valence-corrected chi connectivity index (χ0v) is 18.5. The summed E-state index contributed by atoms with van der Waals surface area (Å²) in [6.45, 7) is 6.69. The average Bonchev–Trinajstić information content (AvgIpc) is 2.72. The van der Waals surface area contributed by atoms with E-state index in [2.05, 4.69) is 30.4 Å². The molecule has 1 heterocycles. The van der Waals surface area contributed by atoms with E-state index >= 15 is 0 Å². The van der Waals surface area contributed by atoms with Gasteiger partial charge in [0, 0.05) is 19.0 Å². The highest BCUT2D eigenvalue weighted by Gasteiger charge is 2.32. The van der Waals surface area contributed by atoms with Crippen LogP contribution >= 0.6 is 0 Å². The van der Waals surface area contributed by atoms with Crippen molar-refractivity contribution in [1.82, 2.24) is 9.62 Å². The molecule has 0 aromatic heterocycles. The van der Waals surface area contributed by atoms with Gasteiger partial charge in [0.15, 0.2) is 0 Å². The van der Waals surface area contributed by atoms with E-state index in [4.69, 9.17) is 0 Å². The number of hydrogen-bond donors (Lipinski definition) is 1. The Morgan fingerprint density at radius 3 is 2.33 bits per heavy atom. The number of amides is 1. The minimum absolute atomic E-state index is 0.0272. The fraction of sp³-hybridized carbons (Fsp3) is 0.435. The summed E-state index contributed by atoms with van der Waals surface area (Å²) in [5, 5.41) is 3.16. The van der Waals surface area contributed by atoms with E-state index in [1.54, 1.807) is 0 Å². The average molecular weight is 433 g/mol. The molecule has 0 aliphatic carbocycles. The van der Waals surface area contributed by atoms with Gasteiger partial charge in [0.25, 0.3) is 0 Å². The Morgan fingerprint density at radius 1 is 1.13 bits per heavy atom. The molecular formula is C23H29FN2O3S. The van der Waals surface area contributed by atoms with Crippen LogP contribution in [0.2, 0.25) is 0 Å². The van der Waals surface area contributed by atoms with Crippen molar-refractivity contribution in [1.29, 1.82) is 0 Å². The first-order valence-electron chi connectivity index (χ1n) is 10.4. The number of halogens is 1. The number of nitrogens with one attached hydrogen (secondary N) is 1. The number of nitrogens with zero attached hydrogens (tertiary/aromatic N) is 1. The molecule has 1 amide bonds. The van der Waals surface area contributed by atoms with Crippen LogP contribution in [-0.4, -0.2) is 31.7 Å². The van der Waals surface area contributed by atoms with Crippen LogP contribution in [0.3, 0.4) is 0 Å². The number of carbonyl (C=O) groups excluding carboxylic acids is 1. The number of carbonyl (C=O) groups is 1. The van der Waals surface area contributed by atoms with Gasteiger partial charge in [0.2, 0.25) is 15.9 Å². The molecule has 7 heteroatoms. The largest absolute Gasteiger partial charge is 0.349 e. The van der Waals surface area contributed by atoms with Gasteiger partial charge >= 0.3 is 0 Å². The van der Waals surface area contributed by atoms with Gasteiger partial charge in [-0.3, -0.25) is 4.79 Å². The van der Waals surface area contributed by atoms with E-state index in [1.165, 1.54) is 22.0 Å². The monoisotopic (exact) mass is 432 g/mol. The van der Waals surface area contributed by atoms with E-state index in [-0.39, 0.29) is 35.9 Å². The summed E-state index contributed by atoms with van der Waals surface area (Å²) in [6, 6.07) is 11.0. The zero-order chi connectivity index (χ0) is 21.9. The maximum atomic E-state index is 13.1. The number of sulfonamides is 1. The van der Waals surface area contributed by atoms with E-state index in [0.29, 0.717) is 12.8 Å².